The van der Waals surface area contributed by atoms with Gasteiger partial charge in [0.05, 0.1) is 0 Å². The minimum absolute atomic E-state index is 0.794. The summed E-state index contributed by atoms with van der Waals surface area (Å²) in [6, 6.07) is 0. The minimum Gasteiger partial charge on any atom is -0.103 e. The molecule has 2 fully saturated rings. The molecular formula is C16H24. The maximum Gasteiger partial charge on any atom is -0.00299 e. The van der Waals surface area contributed by atoms with Crippen LogP contribution in [0.4, 0.5) is 0 Å². The average Bonchev–Trinajstić information content (AvgIpc) is 2.39. The quantitative estimate of drug-likeness (QED) is 0.589. The molecule has 2 aliphatic carbocycles. The smallest absolute Gasteiger partial charge is 0.00299 e. The predicted molar refractivity (Wildman–Crippen MR) is 70.8 cm³/mol. The van der Waals surface area contributed by atoms with Crippen molar-refractivity contribution in [1.82, 2.24) is 0 Å². The van der Waals surface area contributed by atoms with E-state index in [0.717, 1.165) is 11.8 Å². The first kappa shape index (κ1) is 12.0. The Morgan fingerprint density at radius 2 is 1.50 bits per heavy atom. The summed E-state index contributed by atoms with van der Waals surface area (Å²) in [5, 5.41) is 0. The van der Waals surface area contributed by atoms with Gasteiger partial charge in [-0.1, -0.05) is 12.2 Å². The van der Waals surface area contributed by atoms with Crippen molar-refractivity contribution in [1.29, 1.82) is 0 Å². The summed E-state index contributed by atoms with van der Waals surface area (Å²) in [4.78, 5) is 0. The highest BCUT2D eigenvalue weighted by Gasteiger charge is 2.29. The molecule has 16 heavy (non-hydrogen) atoms. The van der Waals surface area contributed by atoms with Gasteiger partial charge in [0.2, 0.25) is 0 Å². The van der Waals surface area contributed by atoms with Crippen LogP contribution >= 0.6 is 0 Å². The zero-order chi connectivity index (χ0) is 11.4. The summed E-state index contributed by atoms with van der Waals surface area (Å²) in [6.45, 7) is 7.81. The van der Waals surface area contributed by atoms with Crippen LogP contribution in [0.2, 0.25) is 0 Å². The molecule has 2 aliphatic rings. The van der Waals surface area contributed by atoms with E-state index >= 15 is 0 Å². The van der Waals surface area contributed by atoms with E-state index in [2.05, 4.69) is 25.3 Å². The predicted octanol–water partition coefficient (Wildman–Crippen LogP) is 4.89. The zero-order valence-electron chi connectivity index (χ0n) is 10.4. The Bertz CT molecular complexity index is 198. The van der Waals surface area contributed by atoms with E-state index in [-0.39, 0.29) is 0 Å². The third-order valence-corrected chi connectivity index (χ3v) is 4.50. The first-order chi connectivity index (χ1) is 7.83. The molecule has 0 nitrogen and oxygen atoms in total. The second-order valence-electron chi connectivity index (χ2n) is 5.37. The summed E-state index contributed by atoms with van der Waals surface area (Å²) in [6.07, 6.45) is 15.0. The van der Waals surface area contributed by atoms with Crippen LogP contribution in [0.3, 0.4) is 0 Å². The molecular weight excluding hydrogens is 192 g/mol. The van der Waals surface area contributed by atoms with Crippen LogP contribution in [-0.2, 0) is 0 Å². The molecule has 0 saturated heterocycles. The van der Waals surface area contributed by atoms with Crippen LogP contribution in [0.15, 0.2) is 25.3 Å². The Kier molecular flexibility index (Phi) is 4.26. The Morgan fingerprint density at radius 1 is 0.875 bits per heavy atom. The van der Waals surface area contributed by atoms with Crippen molar-refractivity contribution in [3.05, 3.63) is 37.1 Å². The lowest BCUT2D eigenvalue weighted by molar-refractivity contribution is 0.320. The highest BCUT2D eigenvalue weighted by molar-refractivity contribution is 5.12. The van der Waals surface area contributed by atoms with Gasteiger partial charge in [0.15, 0.2) is 0 Å². The molecule has 0 atom stereocenters. The van der Waals surface area contributed by atoms with Gasteiger partial charge in [0.25, 0.3) is 0 Å². The van der Waals surface area contributed by atoms with E-state index in [1.54, 1.807) is 5.92 Å². The first-order valence-electron chi connectivity index (χ1n) is 6.77. The fraction of sp³-hybridized carbons (Fsp3) is 0.625. The lowest BCUT2D eigenvalue weighted by Gasteiger charge is -2.36. The van der Waals surface area contributed by atoms with Crippen molar-refractivity contribution < 1.29 is 0 Å². The Hall–Kier alpha value is -0.520. The molecule has 0 aromatic rings. The first-order valence-corrected chi connectivity index (χ1v) is 6.77. The van der Waals surface area contributed by atoms with Gasteiger partial charge in [-0.25, -0.2) is 0 Å². The fourth-order valence-corrected chi connectivity index (χ4v) is 3.26. The molecule has 2 rings (SSSR count). The van der Waals surface area contributed by atoms with Gasteiger partial charge < -0.3 is 0 Å². The van der Waals surface area contributed by atoms with Crippen LogP contribution in [0.1, 0.15) is 51.4 Å². The van der Waals surface area contributed by atoms with Gasteiger partial charge in [0.1, 0.15) is 0 Å². The highest BCUT2D eigenvalue weighted by Crippen LogP contribution is 2.43. The maximum atomic E-state index is 3.92. The molecule has 0 unspecified atom stereocenters. The standard InChI is InChI=1S/C16H24/c1-3-13-5-9-15(10-6-13)16-11-7-14(4-2)8-12-16/h3-4,13,16H,1-2,5-12H2. The lowest BCUT2D eigenvalue weighted by Crippen LogP contribution is -2.23. The van der Waals surface area contributed by atoms with Crippen LogP contribution in [0.25, 0.3) is 0 Å². The van der Waals surface area contributed by atoms with E-state index in [9.17, 15) is 0 Å². The third-order valence-electron chi connectivity index (χ3n) is 4.50. The van der Waals surface area contributed by atoms with Crippen LogP contribution < -0.4 is 0 Å². The second-order valence-corrected chi connectivity index (χ2v) is 5.37. The van der Waals surface area contributed by atoms with Crippen LogP contribution in [0, 0.1) is 23.7 Å². The summed E-state index contributed by atoms with van der Waals surface area (Å²) in [5.74, 6) is 5.16. The molecule has 0 heteroatoms. The molecule has 0 amide bonds. The van der Waals surface area contributed by atoms with Crippen molar-refractivity contribution in [3.8, 4) is 0 Å². The van der Waals surface area contributed by atoms with Gasteiger partial charge in [-0.05, 0) is 75.0 Å². The summed E-state index contributed by atoms with van der Waals surface area (Å²) in [7, 11) is 0. The molecule has 0 aromatic carbocycles. The van der Waals surface area contributed by atoms with Crippen LogP contribution in [-0.4, -0.2) is 0 Å². The fourth-order valence-electron chi connectivity index (χ4n) is 3.26. The lowest BCUT2D eigenvalue weighted by atomic mass is 9.69. The van der Waals surface area contributed by atoms with Crippen LogP contribution in [0.5, 0.6) is 0 Å². The zero-order valence-corrected chi connectivity index (χ0v) is 10.4. The SMILES string of the molecule is C=C[C]1CCC([C]2CCC(C=C)CC2)CC1. The number of hydrogen-bond donors (Lipinski definition) is 0. The minimum atomic E-state index is 0.794. The molecule has 0 heterocycles. The Labute approximate surface area is 101 Å². The topological polar surface area (TPSA) is 0 Å². The van der Waals surface area contributed by atoms with Gasteiger partial charge in [-0.3, -0.25) is 0 Å². The monoisotopic (exact) mass is 216 g/mol. The molecule has 2 saturated carbocycles. The Balaban J connectivity index is 1.77. The maximum absolute atomic E-state index is 3.92. The average molecular weight is 216 g/mol. The number of hydrogen-bond acceptors (Lipinski definition) is 0. The van der Waals surface area contributed by atoms with Crippen molar-refractivity contribution in [3.63, 3.8) is 0 Å². The second kappa shape index (κ2) is 5.70. The van der Waals surface area contributed by atoms with E-state index in [4.69, 9.17) is 0 Å². The van der Waals surface area contributed by atoms with Crippen molar-refractivity contribution in [2.24, 2.45) is 11.8 Å². The number of rotatable bonds is 3. The molecule has 0 bridgehead atoms. The third kappa shape index (κ3) is 2.78. The highest BCUT2D eigenvalue weighted by atomic mass is 14.3. The van der Waals surface area contributed by atoms with Crippen molar-refractivity contribution >= 4 is 0 Å². The van der Waals surface area contributed by atoms with E-state index in [1.807, 2.05) is 5.92 Å². The van der Waals surface area contributed by atoms with Crippen molar-refractivity contribution in [2.45, 2.75) is 51.4 Å². The van der Waals surface area contributed by atoms with E-state index in [1.165, 1.54) is 51.4 Å². The molecule has 88 valence electrons. The molecule has 0 aliphatic heterocycles. The summed E-state index contributed by atoms with van der Waals surface area (Å²) in [5.41, 5.74) is 0. The van der Waals surface area contributed by atoms with Gasteiger partial charge in [0, 0.05) is 0 Å². The van der Waals surface area contributed by atoms with Gasteiger partial charge in [-0.2, -0.15) is 0 Å². The normalized spacial score (nSPS) is 26.8. The molecule has 2 radical (unpaired) electrons. The van der Waals surface area contributed by atoms with Gasteiger partial charge in [-0.15, -0.1) is 13.2 Å². The largest absolute Gasteiger partial charge is 0.103 e. The van der Waals surface area contributed by atoms with E-state index < -0.39 is 0 Å². The molecule has 0 N–H and O–H groups in total. The molecule has 0 aromatic heterocycles. The van der Waals surface area contributed by atoms with E-state index in [0.29, 0.717) is 0 Å². The summed E-state index contributed by atoms with van der Waals surface area (Å²) < 4.78 is 0. The molecule has 0 spiro atoms. The summed E-state index contributed by atoms with van der Waals surface area (Å²) >= 11 is 0. The van der Waals surface area contributed by atoms with Crippen molar-refractivity contribution in [2.75, 3.05) is 0 Å². The number of allylic oxidation sites excluding steroid dienone is 2. The van der Waals surface area contributed by atoms with Gasteiger partial charge >= 0.3 is 0 Å². The Morgan fingerprint density at radius 3 is 2.00 bits per heavy atom.